The fourth-order valence-electron chi connectivity index (χ4n) is 1.94. The van der Waals surface area contributed by atoms with Crippen molar-refractivity contribution in [3.8, 4) is 0 Å². The van der Waals surface area contributed by atoms with E-state index in [0.717, 1.165) is 11.3 Å². The van der Waals surface area contributed by atoms with E-state index in [1.54, 1.807) is 17.0 Å². The van der Waals surface area contributed by atoms with Crippen molar-refractivity contribution in [2.24, 2.45) is 11.7 Å². The highest BCUT2D eigenvalue weighted by molar-refractivity contribution is 6.31. The molecule has 1 unspecified atom stereocenters. The first kappa shape index (κ1) is 11.9. The summed E-state index contributed by atoms with van der Waals surface area (Å²) in [6.45, 7) is 2.23. The quantitative estimate of drug-likeness (QED) is 0.867. The van der Waals surface area contributed by atoms with Gasteiger partial charge in [0.25, 0.3) is 0 Å². The van der Waals surface area contributed by atoms with Gasteiger partial charge in [-0.25, -0.2) is 0 Å². The summed E-state index contributed by atoms with van der Waals surface area (Å²) in [6.07, 6.45) is 0.191. The molecule has 1 saturated heterocycles. The average molecular weight is 253 g/mol. The maximum Gasteiger partial charge on any atom is 0.227 e. The lowest BCUT2D eigenvalue weighted by atomic mass is 10.1. The molecule has 5 heteroatoms. The normalized spacial score (nSPS) is 19.8. The number of hydrogen-bond acceptors (Lipinski definition) is 2. The van der Waals surface area contributed by atoms with Crippen LogP contribution in [-0.4, -0.2) is 18.4 Å². The lowest BCUT2D eigenvalue weighted by molar-refractivity contribution is -0.123. The molecule has 0 aromatic heterocycles. The van der Waals surface area contributed by atoms with Crippen LogP contribution in [0.3, 0.4) is 0 Å². The summed E-state index contributed by atoms with van der Waals surface area (Å²) in [7, 11) is 0. The van der Waals surface area contributed by atoms with Crippen LogP contribution in [0.25, 0.3) is 0 Å². The van der Waals surface area contributed by atoms with Gasteiger partial charge < -0.3 is 10.6 Å². The molecule has 4 nitrogen and oxygen atoms in total. The average Bonchev–Trinajstić information content (AvgIpc) is 2.65. The van der Waals surface area contributed by atoms with Crippen molar-refractivity contribution in [3.63, 3.8) is 0 Å². The number of rotatable bonds is 2. The molecule has 90 valence electrons. The maximum absolute atomic E-state index is 11.8. The van der Waals surface area contributed by atoms with Crippen LogP contribution in [0.15, 0.2) is 18.2 Å². The van der Waals surface area contributed by atoms with E-state index < -0.39 is 11.8 Å². The number of nitrogens with two attached hydrogens (primary N) is 1. The van der Waals surface area contributed by atoms with Crippen LogP contribution in [-0.2, 0) is 9.59 Å². The molecular formula is C12H13ClN2O2. The largest absolute Gasteiger partial charge is 0.369 e. The molecule has 17 heavy (non-hydrogen) atoms. The van der Waals surface area contributed by atoms with Crippen LogP contribution in [0.4, 0.5) is 5.69 Å². The highest BCUT2D eigenvalue weighted by atomic mass is 35.5. The summed E-state index contributed by atoms with van der Waals surface area (Å²) in [4.78, 5) is 24.4. The summed E-state index contributed by atoms with van der Waals surface area (Å²) in [5, 5.41) is 0.659. The molecule has 0 aliphatic carbocycles. The molecule has 1 atom stereocenters. The van der Waals surface area contributed by atoms with Crippen molar-refractivity contribution in [2.75, 3.05) is 11.4 Å². The van der Waals surface area contributed by atoms with Crippen LogP contribution in [0.5, 0.6) is 0 Å². The Kier molecular flexibility index (Phi) is 3.07. The van der Waals surface area contributed by atoms with Gasteiger partial charge in [0.2, 0.25) is 11.8 Å². The Balaban J connectivity index is 2.26. The minimum Gasteiger partial charge on any atom is -0.369 e. The number of carbonyl (C=O) groups is 2. The van der Waals surface area contributed by atoms with Crippen molar-refractivity contribution >= 4 is 29.1 Å². The van der Waals surface area contributed by atoms with Gasteiger partial charge in [0.1, 0.15) is 0 Å². The maximum atomic E-state index is 11.8. The molecular weight excluding hydrogens is 240 g/mol. The van der Waals surface area contributed by atoms with Gasteiger partial charge in [-0.15, -0.1) is 0 Å². The molecule has 2 N–H and O–H groups in total. The van der Waals surface area contributed by atoms with E-state index in [1.807, 2.05) is 13.0 Å². The SMILES string of the molecule is Cc1cc(N2CC(C(N)=O)CC2=O)ccc1Cl. The van der Waals surface area contributed by atoms with Crippen LogP contribution in [0.1, 0.15) is 12.0 Å². The van der Waals surface area contributed by atoms with Crippen molar-refractivity contribution in [3.05, 3.63) is 28.8 Å². The van der Waals surface area contributed by atoms with E-state index in [0.29, 0.717) is 11.6 Å². The summed E-state index contributed by atoms with van der Waals surface area (Å²) in [6, 6.07) is 5.36. The molecule has 0 saturated carbocycles. The van der Waals surface area contributed by atoms with E-state index in [4.69, 9.17) is 17.3 Å². The second kappa shape index (κ2) is 4.37. The molecule has 0 radical (unpaired) electrons. The third-order valence-corrected chi connectivity index (χ3v) is 3.40. The molecule has 1 heterocycles. The van der Waals surface area contributed by atoms with Crippen molar-refractivity contribution in [1.29, 1.82) is 0 Å². The predicted molar refractivity (Wildman–Crippen MR) is 65.8 cm³/mol. The predicted octanol–water partition coefficient (Wildman–Crippen LogP) is 1.49. The first-order valence-corrected chi connectivity index (χ1v) is 5.72. The molecule has 2 amide bonds. The van der Waals surface area contributed by atoms with Crippen LogP contribution >= 0.6 is 11.6 Å². The highest BCUT2D eigenvalue weighted by Crippen LogP contribution is 2.28. The third-order valence-electron chi connectivity index (χ3n) is 2.98. The summed E-state index contributed by atoms with van der Waals surface area (Å²) in [5.41, 5.74) is 6.88. The van der Waals surface area contributed by atoms with Crippen LogP contribution in [0.2, 0.25) is 5.02 Å². The van der Waals surface area contributed by atoms with Gasteiger partial charge in [0, 0.05) is 23.7 Å². The molecule has 0 spiro atoms. The summed E-state index contributed by atoms with van der Waals surface area (Å²) >= 11 is 5.93. The lowest BCUT2D eigenvalue weighted by Crippen LogP contribution is -2.28. The first-order valence-electron chi connectivity index (χ1n) is 5.35. The number of amides is 2. The number of hydrogen-bond donors (Lipinski definition) is 1. The minimum absolute atomic E-state index is 0.0736. The third kappa shape index (κ3) is 2.26. The fourth-order valence-corrected chi connectivity index (χ4v) is 2.06. The number of halogens is 1. The van der Waals surface area contributed by atoms with E-state index >= 15 is 0 Å². The number of carbonyl (C=O) groups excluding carboxylic acids is 2. The molecule has 1 aromatic rings. The monoisotopic (exact) mass is 252 g/mol. The lowest BCUT2D eigenvalue weighted by Gasteiger charge is -2.17. The zero-order valence-corrected chi connectivity index (χ0v) is 10.2. The van der Waals surface area contributed by atoms with Gasteiger partial charge in [0.15, 0.2) is 0 Å². The van der Waals surface area contributed by atoms with Gasteiger partial charge in [-0.3, -0.25) is 9.59 Å². The Bertz CT molecular complexity index is 487. The number of benzene rings is 1. The number of aryl methyl sites for hydroxylation is 1. The molecule has 1 aliphatic heterocycles. The summed E-state index contributed by atoms with van der Waals surface area (Å²) < 4.78 is 0. The van der Waals surface area contributed by atoms with Crippen molar-refractivity contribution < 1.29 is 9.59 Å². The van der Waals surface area contributed by atoms with Crippen LogP contribution in [0, 0.1) is 12.8 Å². The second-order valence-electron chi connectivity index (χ2n) is 4.24. The molecule has 2 rings (SSSR count). The fraction of sp³-hybridized carbons (Fsp3) is 0.333. The number of nitrogens with zero attached hydrogens (tertiary/aromatic N) is 1. The second-order valence-corrected chi connectivity index (χ2v) is 4.65. The molecule has 1 aromatic carbocycles. The van der Waals surface area contributed by atoms with Gasteiger partial charge in [-0.05, 0) is 30.7 Å². The highest BCUT2D eigenvalue weighted by Gasteiger charge is 2.33. The van der Waals surface area contributed by atoms with E-state index in [-0.39, 0.29) is 12.3 Å². The van der Waals surface area contributed by atoms with Crippen LogP contribution < -0.4 is 10.6 Å². The zero-order valence-electron chi connectivity index (χ0n) is 9.44. The Hall–Kier alpha value is -1.55. The van der Waals surface area contributed by atoms with E-state index in [9.17, 15) is 9.59 Å². The Morgan fingerprint density at radius 1 is 1.53 bits per heavy atom. The smallest absolute Gasteiger partial charge is 0.227 e. The zero-order chi connectivity index (χ0) is 12.6. The van der Waals surface area contributed by atoms with Gasteiger partial charge in [-0.1, -0.05) is 11.6 Å². The molecule has 1 aliphatic rings. The molecule has 0 bridgehead atoms. The Morgan fingerprint density at radius 2 is 2.24 bits per heavy atom. The van der Waals surface area contributed by atoms with Gasteiger partial charge in [0.05, 0.1) is 5.92 Å². The van der Waals surface area contributed by atoms with Gasteiger partial charge >= 0.3 is 0 Å². The van der Waals surface area contributed by atoms with Crippen molar-refractivity contribution in [2.45, 2.75) is 13.3 Å². The Labute approximate surface area is 104 Å². The minimum atomic E-state index is -0.425. The molecule has 1 fully saturated rings. The number of anilines is 1. The Morgan fingerprint density at radius 3 is 2.76 bits per heavy atom. The topological polar surface area (TPSA) is 63.4 Å². The first-order chi connectivity index (χ1) is 7.99. The van der Waals surface area contributed by atoms with E-state index in [2.05, 4.69) is 0 Å². The standard InChI is InChI=1S/C12H13ClN2O2/c1-7-4-9(2-3-10(7)13)15-6-8(12(14)17)5-11(15)16/h2-4,8H,5-6H2,1H3,(H2,14,17). The van der Waals surface area contributed by atoms with Gasteiger partial charge in [-0.2, -0.15) is 0 Å². The summed E-state index contributed by atoms with van der Waals surface area (Å²) in [5.74, 6) is -0.888. The van der Waals surface area contributed by atoms with Crippen molar-refractivity contribution in [1.82, 2.24) is 0 Å². The van der Waals surface area contributed by atoms with E-state index in [1.165, 1.54) is 0 Å². The number of primary amides is 1.